The molecule has 1 aromatic carbocycles. The number of ether oxygens (including phenoxy) is 1. The zero-order valence-electron chi connectivity index (χ0n) is 11.7. The fraction of sp³-hybridized carbons (Fsp3) is 0.429. The number of carbonyl (C=O) groups excluding carboxylic acids is 1. The van der Waals surface area contributed by atoms with Gasteiger partial charge in [-0.3, -0.25) is 4.79 Å². The molecule has 0 fully saturated rings. The molecule has 2 amide bonds. The number of nitrogens with one attached hydrogen (secondary N) is 2. The quantitative estimate of drug-likeness (QED) is 0.702. The van der Waals surface area contributed by atoms with E-state index in [2.05, 4.69) is 10.6 Å². The molecule has 1 atom stereocenters. The first kappa shape index (κ1) is 16.0. The van der Waals surface area contributed by atoms with Gasteiger partial charge < -0.3 is 20.5 Å². The Labute approximate surface area is 118 Å². The highest BCUT2D eigenvalue weighted by Crippen LogP contribution is 2.02. The van der Waals surface area contributed by atoms with E-state index in [0.717, 1.165) is 11.1 Å². The molecule has 0 aliphatic rings. The van der Waals surface area contributed by atoms with E-state index < -0.39 is 12.1 Å². The zero-order valence-corrected chi connectivity index (χ0v) is 11.7. The Kier molecular flexibility index (Phi) is 6.52. The number of hydrogen-bond donors (Lipinski definition) is 3. The third-order valence-electron chi connectivity index (χ3n) is 2.80. The molecule has 0 aliphatic carbocycles. The molecule has 0 saturated heterocycles. The Balaban J connectivity index is 2.29. The molecule has 3 N–H and O–H groups in total. The summed E-state index contributed by atoms with van der Waals surface area (Å²) in [5.74, 6) is -0.960. The number of rotatable bonds is 7. The standard InChI is InChI=1S/C14H20N2O4/c1-10-3-5-11(6-4-10)8-15-14(19)16-9-12(20-2)7-13(17)18/h3-6,12H,7-9H2,1-2H3,(H,17,18)(H2,15,16,19). The molecule has 0 saturated carbocycles. The summed E-state index contributed by atoms with van der Waals surface area (Å²) in [5.41, 5.74) is 2.16. The number of aliphatic carboxylic acids is 1. The van der Waals surface area contributed by atoms with Crippen molar-refractivity contribution in [3.8, 4) is 0 Å². The highest BCUT2D eigenvalue weighted by molar-refractivity contribution is 5.74. The second kappa shape index (κ2) is 8.16. The average Bonchev–Trinajstić information content (AvgIpc) is 2.42. The number of carboxylic acid groups (broad SMARTS) is 1. The lowest BCUT2D eigenvalue weighted by atomic mass is 10.1. The topological polar surface area (TPSA) is 87.7 Å². The lowest BCUT2D eigenvalue weighted by molar-refractivity contribution is -0.139. The van der Waals surface area contributed by atoms with Gasteiger partial charge in [-0.05, 0) is 12.5 Å². The molecule has 0 aliphatic heterocycles. The van der Waals surface area contributed by atoms with Crippen molar-refractivity contribution in [2.45, 2.75) is 26.0 Å². The summed E-state index contributed by atoms with van der Waals surface area (Å²) in [7, 11) is 1.42. The summed E-state index contributed by atoms with van der Waals surface area (Å²) >= 11 is 0. The predicted molar refractivity (Wildman–Crippen MR) is 74.5 cm³/mol. The minimum absolute atomic E-state index is 0.144. The van der Waals surface area contributed by atoms with Crippen LogP contribution in [0.4, 0.5) is 4.79 Å². The van der Waals surface area contributed by atoms with E-state index in [1.165, 1.54) is 7.11 Å². The van der Waals surface area contributed by atoms with Crippen molar-refractivity contribution in [2.75, 3.05) is 13.7 Å². The number of carboxylic acids is 1. The van der Waals surface area contributed by atoms with Crippen molar-refractivity contribution in [1.82, 2.24) is 10.6 Å². The normalized spacial score (nSPS) is 11.7. The third-order valence-corrected chi connectivity index (χ3v) is 2.80. The van der Waals surface area contributed by atoms with E-state index in [9.17, 15) is 9.59 Å². The van der Waals surface area contributed by atoms with Crippen LogP contribution in [0.25, 0.3) is 0 Å². The Hall–Kier alpha value is -2.08. The highest BCUT2D eigenvalue weighted by Gasteiger charge is 2.13. The maximum absolute atomic E-state index is 11.6. The monoisotopic (exact) mass is 280 g/mol. The average molecular weight is 280 g/mol. The second-order valence-electron chi connectivity index (χ2n) is 4.50. The first-order chi connectivity index (χ1) is 9.51. The second-order valence-corrected chi connectivity index (χ2v) is 4.50. The maximum Gasteiger partial charge on any atom is 0.315 e. The number of benzene rings is 1. The molecular weight excluding hydrogens is 260 g/mol. The summed E-state index contributed by atoms with van der Waals surface area (Å²) < 4.78 is 4.96. The van der Waals surface area contributed by atoms with Gasteiger partial charge in [-0.2, -0.15) is 0 Å². The van der Waals surface area contributed by atoms with Crippen LogP contribution < -0.4 is 10.6 Å². The number of urea groups is 1. The van der Waals surface area contributed by atoms with E-state index in [0.29, 0.717) is 6.54 Å². The van der Waals surface area contributed by atoms with Crippen molar-refractivity contribution < 1.29 is 19.4 Å². The van der Waals surface area contributed by atoms with E-state index in [4.69, 9.17) is 9.84 Å². The Morgan fingerprint density at radius 1 is 1.25 bits per heavy atom. The molecule has 6 heteroatoms. The number of hydrogen-bond acceptors (Lipinski definition) is 3. The number of amides is 2. The van der Waals surface area contributed by atoms with Crippen LogP contribution in [0.15, 0.2) is 24.3 Å². The van der Waals surface area contributed by atoms with Crippen LogP contribution in [0.3, 0.4) is 0 Å². The smallest absolute Gasteiger partial charge is 0.315 e. The Morgan fingerprint density at radius 2 is 1.90 bits per heavy atom. The van der Waals surface area contributed by atoms with Crippen molar-refractivity contribution >= 4 is 12.0 Å². The Morgan fingerprint density at radius 3 is 2.45 bits per heavy atom. The van der Waals surface area contributed by atoms with Gasteiger partial charge in [0.2, 0.25) is 0 Å². The van der Waals surface area contributed by atoms with Crippen molar-refractivity contribution in [2.24, 2.45) is 0 Å². The molecule has 0 radical (unpaired) electrons. The fourth-order valence-corrected chi connectivity index (χ4v) is 1.59. The van der Waals surface area contributed by atoms with Gasteiger partial charge in [0.1, 0.15) is 0 Å². The number of aryl methyl sites for hydroxylation is 1. The van der Waals surface area contributed by atoms with Crippen molar-refractivity contribution in [3.05, 3.63) is 35.4 Å². The first-order valence-electron chi connectivity index (χ1n) is 6.33. The van der Waals surface area contributed by atoms with Crippen LogP contribution in [0.5, 0.6) is 0 Å². The van der Waals surface area contributed by atoms with E-state index in [1.54, 1.807) is 0 Å². The van der Waals surface area contributed by atoms with Crippen LogP contribution >= 0.6 is 0 Å². The SMILES string of the molecule is COC(CNC(=O)NCc1ccc(C)cc1)CC(=O)O. The van der Waals surface area contributed by atoms with Gasteiger partial charge in [0.25, 0.3) is 0 Å². The van der Waals surface area contributed by atoms with Gasteiger partial charge in [0, 0.05) is 20.2 Å². The van der Waals surface area contributed by atoms with Crippen LogP contribution in [0.1, 0.15) is 17.5 Å². The molecular formula is C14H20N2O4. The molecule has 0 aromatic heterocycles. The van der Waals surface area contributed by atoms with Crippen molar-refractivity contribution in [1.29, 1.82) is 0 Å². The summed E-state index contributed by atoms with van der Waals surface area (Å²) in [6.45, 7) is 2.57. The van der Waals surface area contributed by atoms with Crippen LogP contribution in [0.2, 0.25) is 0 Å². The summed E-state index contributed by atoms with van der Waals surface area (Å²) in [5, 5.41) is 13.9. The maximum atomic E-state index is 11.6. The fourth-order valence-electron chi connectivity index (χ4n) is 1.59. The van der Waals surface area contributed by atoms with Crippen LogP contribution in [-0.2, 0) is 16.1 Å². The van der Waals surface area contributed by atoms with Gasteiger partial charge >= 0.3 is 12.0 Å². The Bertz CT molecular complexity index is 445. The molecule has 1 rings (SSSR count). The lowest BCUT2D eigenvalue weighted by Crippen LogP contribution is -2.40. The molecule has 1 unspecified atom stereocenters. The summed E-state index contributed by atoms with van der Waals surface area (Å²) in [6, 6.07) is 7.49. The summed E-state index contributed by atoms with van der Waals surface area (Å²) in [6.07, 6.45) is -0.674. The minimum Gasteiger partial charge on any atom is -0.481 e. The predicted octanol–water partition coefficient (Wildman–Crippen LogP) is 1.28. The number of methoxy groups -OCH3 is 1. The van der Waals surface area contributed by atoms with Gasteiger partial charge in [0.15, 0.2) is 0 Å². The first-order valence-corrected chi connectivity index (χ1v) is 6.33. The van der Waals surface area contributed by atoms with E-state index in [-0.39, 0.29) is 19.0 Å². The van der Waals surface area contributed by atoms with E-state index >= 15 is 0 Å². The van der Waals surface area contributed by atoms with Gasteiger partial charge in [-0.15, -0.1) is 0 Å². The highest BCUT2D eigenvalue weighted by atomic mass is 16.5. The molecule has 0 bridgehead atoms. The minimum atomic E-state index is -0.960. The summed E-state index contributed by atoms with van der Waals surface area (Å²) in [4.78, 5) is 22.1. The molecule has 0 spiro atoms. The van der Waals surface area contributed by atoms with Crippen LogP contribution in [-0.4, -0.2) is 36.9 Å². The lowest BCUT2D eigenvalue weighted by Gasteiger charge is -2.14. The van der Waals surface area contributed by atoms with Gasteiger partial charge in [-0.1, -0.05) is 29.8 Å². The zero-order chi connectivity index (χ0) is 15.0. The van der Waals surface area contributed by atoms with E-state index in [1.807, 2.05) is 31.2 Å². The third kappa shape index (κ3) is 6.19. The molecule has 6 nitrogen and oxygen atoms in total. The largest absolute Gasteiger partial charge is 0.481 e. The van der Waals surface area contributed by atoms with Crippen LogP contribution in [0, 0.1) is 6.92 Å². The van der Waals surface area contributed by atoms with Gasteiger partial charge in [-0.25, -0.2) is 4.79 Å². The molecule has 1 aromatic rings. The number of carbonyl (C=O) groups is 2. The van der Waals surface area contributed by atoms with Crippen molar-refractivity contribution in [3.63, 3.8) is 0 Å². The molecule has 110 valence electrons. The molecule has 20 heavy (non-hydrogen) atoms. The molecule has 0 heterocycles. The van der Waals surface area contributed by atoms with Gasteiger partial charge in [0.05, 0.1) is 12.5 Å².